The third-order valence-corrected chi connectivity index (χ3v) is 2.16. The molecule has 1 aliphatic rings. The number of carbonyl (C=O) groups is 1. The molecule has 1 rings (SSSR count). The maximum Gasteiger partial charge on any atom is 0.227 e. The fourth-order valence-electron chi connectivity index (χ4n) is 1.15. The van der Waals surface area contributed by atoms with Crippen LogP contribution < -0.4 is 5.32 Å². The summed E-state index contributed by atoms with van der Waals surface area (Å²) in [4.78, 5) is 11.5. The summed E-state index contributed by atoms with van der Waals surface area (Å²) in [5.41, 5.74) is 1.57. The molecule has 1 fully saturated rings. The van der Waals surface area contributed by atoms with Gasteiger partial charge in [-0.15, -0.1) is 0 Å². The van der Waals surface area contributed by atoms with Crippen LogP contribution in [0.2, 0.25) is 0 Å². The molecule has 1 saturated carbocycles. The SMILES string of the molecule is C=CC(=C)/C=C(\C=C/C)NC(=O)C1CC1. The summed E-state index contributed by atoms with van der Waals surface area (Å²) in [5, 5.41) is 2.87. The minimum Gasteiger partial charge on any atom is -0.326 e. The zero-order chi connectivity index (χ0) is 11.3. The first-order chi connectivity index (χ1) is 7.17. The zero-order valence-corrected chi connectivity index (χ0v) is 9.12. The highest BCUT2D eigenvalue weighted by atomic mass is 16.2. The third-order valence-electron chi connectivity index (χ3n) is 2.16. The molecule has 1 aliphatic carbocycles. The van der Waals surface area contributed by atoms with Gasteiger partial charge in [-0.3, -0.25) is 4.79 Å². The van der Waals surface area contributed by atoms with E-state index in [0.717, 1.165) is 24.1 Å². The number of rotatable bonds is 5. The molecule has 0 aromatic heterocycles. The maximum atomic E-state index is 11.5. The first kappa shape index (κ1) is 11.5. The highest BCUT2D eigenvalue weighted by Crippen LogP contribution is 2.29. The van der Waals surface area contributed by atoms with Gasteiger partial charge in [-0.2, -0.15) is 0 Å². The van der Waals surface area contributed by atoms with Gasteiger partial charge >= 0.3 is 0 Å². The van der Waals surface area contributed by atoms with Crippen LogP contribution in [-0.2, 0) is 4.79 Å². The highest BCUT2D eigenvalue weighted by Gasteiger charge is 2.29. The number of amides is 1. The van der Waals surface area contributed by atoms with Gasteiger partial charge in [-0.1, -0.05) is 25.3 Å². The van der Waals surface area contributed by atoms with E-state index in [0.29, 0.717) is 0 Å². The average molecular weight is 203 g/mol. The number of allylic oxidation sites excluding steroid dienone is 5. The Morgan fingerprint density at radius 1 is 1.47 bits per heavy atom. The minimum absolute atomic E-state index is 0.108. The van der Waals surface area contributed by atoms with Crippen LogP contribution >= 0.6 is 0 Å². The van der Waals surface area contributed by atoms with Crippen LogP contribution in [0.5, 0.6) is 0 Å². The normalized spacial score (nSPS) is 16.5. The number of carbonyl (C=O) groups excluding carboxylic acids is 1. The molecule has 0 aromatic rings. The van der Waals surface area contributed by atoms with Crippen molar-refractivity contribution in [3.05, 3.63) is 48.7 Å². The van der Waals surface area contributed by atoms with Crippen molar-refractivity contribution in [2.45, 2.75) is 19.8 Å². The van der Waals surface area contributed by atoms with Gasteiger partial charge in [0.25, 0.3) is 0 Å². The van der Waals surface area contributed by atoms with Crippen molar-refractivity contribution >= 4 is 5.91 Å². The second kappa shape index (κ2) is 5.35. The fourth-order valence-corrected chi connectivity index (χ4v) is 1.15. The molecular weight excluding hydrogens is 186 g/mol. The average Bonchev–Trinajstić information content (AvgIpc) is 3.00. The van der Waals surface area contributed by atoms with Crippen LogP contribution in [0.4, 0.5) is 0 Å². The zero-order valence-electron chi connectivity index (χ0n) is 9.12. The van der Waals surface area contributed by atoms with E-state index in [9.17, 15) is 4.79 Å². The molecule has 80 valence electrons. The molecule has 0 unspecified atom stereocenters. The van der Waals surface area contributed by atoms with Crippen molar-refractivity contribution in [1.29, 1.82) is 0 Å². The fraction of sp³-hybridized carbons (Fsp3) is 0.308. The van der Waals surface area contributed by atoms with Gasteiger partial charge in [-0.05, 0) is 37.5 Å². The lowest BCUT2D eigenvalue weighted by Crippen LogP contribution is -2.23. The molecule has 1 N–H and O–H groups in total. The largest absolute Gasteiger partial charge is 0.326 e. The highest BCUT2D eigenvalue weighted by molar-refractivity contribution is 5.83. The Bertz CT molecular complexity index is 332. The first-order valence-electron chi connectivity index (χ1n) is 5.14. The molecule has 0 radical (unpaired) electrons. The second-order valence-corrected chi connectivity index (χ2v) is 3.64. The number of nitrogens with one attached hydrogen (secondary N) is 1. The summed E-state index contributed by atoms with van der Waals surface area (Å²) in [5.74, 6) is 0.326. The van der Waals surface area contributed by atoms with Crippen molar-refractivity contribution in [3.8, 4) is 0 Å². The van der Waals surface area contributed by atoms with Gasteiger partial charge in [0, 0.05) is 11.6 Å². The van der Waals surface area contributed by atoms with E-state index in [1.807, 2.05) is 25.2 Å². The summed E-state index contributed by atoms with van der Waals surface area (Å²) in [6, 6.07) is 0. The third kappa shape index (κ3) is 3.98. The topological polar surface area (TPSA) is 29.1 Å². The molecule has 0 bridgehead atoms. The molecule has 0 aromatic carbocycles. The predicted molar refractivity (Wildman–Crippen MR) is 63.1 cm³/mol. The molecule has 0 aliphatic heterocycles. The monoisotopic (exact) mass is 203 g/mol. The number of hydrogen-bond acceptors (Lipinski definition) is 1. The Morgan fingerprint density at radius 2 is 2.13 bits per heavy atom. The lowest BCUT2D eigenvalue weighted by Gasteiger charge is -2.05. The van der Waals surface area contributed by atoms with Crippen molar-refractivity contribution in [3.63, 3.8) is 0 Å². The maximum absolute atomic E-state index is 11.5. The van der Waals surface area contributed by atoms with E-state index in [-0.39, 0.29) is 11.8 Å². The van der Waals surface area contributed by atoms with Gasteiger partial charge < -0.3 is 5.32 Å². The van der Waals surface area contributed by atoms with Crippen LogP contribution in [0.25, 0.3) is 0 Å². The second-order valence-electron chi connectivity index (χ2n) is 3.64. The Balaban J connectivity index is 2.64. The number of hydrogen-bond donors (Lipinski definition) is 1. The van der Waals surface area contributed by atoms with E-state index < -0.39 is 0 Å². The summed E-state index contributed by atoms with van der Waals surface area (Å²) in [6.45, 7) is 9.31. The van der Waals surface area contributed by atoms with E-state index >= 15 is 0 Å². The summed E-state index contributed by atoms with van der Waals surface area (Å²) in [7, 11) is 0. The van der Waals surface area contributed by atoms with E-state index in [2.05, 4.69) is 18.5 Å². The summed E-state index contributed by atoms with van der Waals surface area (Å²) >= 11 is 0. The molecule has 0 atom stereocenters. The molecule has 1 amide bonds. The quantitative estimate of drug-likeness (QED) is 0.684. The molecule has 0 saturated heterocycles. The van der Waals surface area contributed by atoms with Gasteiger partial charge in [0.2, 0.25) is 5.91 Å². The summed E-state index contributed by atoms with van der Waals surface area (Å²) in [6.07, 6.45) is 9.24. The Morgan fingerprint density at radius 3 is 2.60 bits per heavy atom. The Kier molecular flexibility index (Phi) is 4.10. The molecule has 2 nitrogen and oxygen atoms in total. The summed E-state index contributed by atoms with van der Waals surface area (Å²) < 4.78 is 0. The predicted octanol–water partition coefficient (Wildman–Crippen LogP) is 2.71. The van der Waals surface area contributed by atoms with Gasteiger partial charge in [0.05, 0.1) is 0 Å². The molecule has 0 heterocycles. The van der Waals surface area contributed by atoms with Crippen LogP contribution in [0, 0.1) is 5.92 Å². The first-order valence-corrected chi connectivity index (χ1v) is 5.14. The van der Waals surface area contributed by atoms with Crippen LogP contribution in [-0.4, -0.2) is 5.91 Å². The minimum atomic E-state index is 0.108. The van der Waals surface area contributed by atoms with E-state index in [1.165, 1.54) is 0 Å². The molecular formula is C13H17NO. The Hall–Kier alpha value is -1.57. The van der Waals surface area contributed by atoms with Crippen LogP contribution in [0.1, 0.15) is 19.8 Å². The molecule has 2 heteroatoms. The molecule has 0 spiro atoms. The van der Waals surface area contributed by atoms with E-state index in [1.54, 1.807) is 6.08 Å². The van der Waals surface area contributed by atoms with Crippen molar-refractivity contribution in [2.24, 2.45) is 5.92 Å². The standard InChI is InChI=1S/C13H17NO/c1-4-6-12(9-10(3)5-2)14-13(15)11-7-8-11/h4-6,9,11H,2-3,7-8H2,1H3,(H,14,15)/b6-4-,12-9+. The lowest BCUT2D eigenvalue weighted by molar-refractivity contribution is -0.121. The van der Waals surface area contributed by atoms with E-state index in [4.69, 9.17) is 0 Å². The molecule has 15 heavy (non-hydrogen) atoms. The van der Waals surface area contributed by atoms with Gasteiger partial charge in [-0.25, -0.2) is 0 Å². The van der Waals surface area contributed by atoms with Crippen LogP contribution in [0.15, 0.2) is 48.7 Å². The van der Waals surface area contributed by atoms with Crippen molar-refractivity contribution in [1.82, 2.24) is 5.32 Å². The van der Waals surface area contributed by atoms with Gasteiger partial charge in [0.15, 0.2) is 0 Å². The van der Waals surface area contributed by atoms with Gasteiger partial charge in [0.1, 0.15) is 0 Å². The van der Waals surface area contributed by atoms with Crippen molar-refractivity contribution in [2.75, 3.05) is 0 Å². The van der Waals surface area contributed by atoms with Crippen molar-refractivity contribution < 1.29 is 4.79 Å². The Labute approximate surface area is 91.1 Å². The lowest BCUT2D eigenvalue weighted by atomic mass is 10.2. The smallest absolute Gasteiger partial charge is 0.227 e. The van der Waals surface area contributed by atoms with Crippen LogP contribution in [0.3, 0.4) is 0 Å².